The molecular weight excluding hydrogens is 341 g/mol. The van der Waals surface area contributed by atoms with Gasteiger partial charge in [-0.25, -0.2) is 0 Å². The highest BCUT2D eigenvalue weighted by Crippen LogP contribution is 2.40. The standard InChI is InChI=1S/C20H15F3N2O/c1-11-18-15(9-10-24-11)14-7-8-16(26-2)17(19(14)25-18)12-3-5-13(6-4-12)20(21,22)23/h3-10,25H,1-2H3. The smallest absolute Gasteiger partial charge is 0.416 e. The van der Waals surface area contributed by atoms with E-state index in [2.05, 4.69) is 9.97 Å². The number of hydrogen-bond donors (Lipinski definition) is 1. The van der Waals surface area contributed by atoms with Gasteiger partial charge in [0, 0.05) is 22.5 Å². The van der Waals surface area contributed by atoms with E-state index in [1.54, 1.807) is 13.3 Å². The summed E-state index contributed by atoms with van der Waals surface area (Å²) in [4.78, 5) is 7.67. The van der Waals surface area contributed by atoms with E-state index in [1.807, 2.05) is 25.1 Å². The van der Waals surface area contributed by atoms with Gasteiger partial charge in [-0.3, -0.25) is 4.98 Å². The lowest BCUT2D eigenvalue weighted by atomic mass is 9.99. The molecule has 0 amide bonds. The normalized spacial score (nSPS) is 12.0. The van der Waals surface area contributed by atoms with Crippen LogP contribution in [0.4, 0.5) is 13.2 Å². The zero-order chi connectivity index (χ0) is 18.5. The maximum Gasteiger partial charge on any atom is 0.416 e. The lowest BCUT2D eigenvalue weighted by Crippen LogP contribution is -2.04. The second kappa shape index (κ2) is 5.76. The van der Waals surface area contributed by atoms with Crippen LogP contribution in [-0.2, 0) is 6.18 Å². The highest BCUT2D eigenvalue weighted by molar-refractivity contribution is 6.13. The second-order valence-corrected chi connectivity index (χ2v) is 6.08. The van der Waals surface area contributed by atoms with E-state index < -0.39 is 11.7 Å². The van der Waals surface area contributed by atoms with Crippen molar-refractivity contribution in [1.29, 1.82) is 0 Å². The van der Waals surface area contributed by atoms with Crippen LogP contribution >= 0.6 is 0 Å². The first-order valence-corrected chi connectivity index (χ1v) is 8.02. The first kappa shape index (κ1) is 16.4. The number of nitrogens with one attached hydrogen (secondary N) is 1. The number of ether oxygens (including phenoxy) is 1. The molecule has 0 aliphatic carbocycles. The van der Waals surface area contributed by atoms with Gasteiger partial charge in [-0.05, 0) is 42.8 Å². The molecule has 0 saturated carbocycles. The molecule has 132 valence electrons. The van der Waals surface area contributed by atoms with Gasteiger partial charge >= 0.3 is 6.18 Å². The summed E-state index contributed by atoms with van der Waals surface area (Å²) in [7, 11) is 1.55. The maximum absolute atomic E-state index is 12.9. The highest BCUT2D eigenvalue weighted by Gasteiger charge is 2.30. The summed E-state index contributed by atoms with van der Waals surface area (Å²) >= 11 is 0. The maximum atomic E-state index is 12.9. The third-order valence-corrected chi connectivity index (χ3v) is 4.57. The lowest BCUT2D eigenvalue weighted by Gasteiger charge is -2.12. The van der Waals surface area contributed by atoms with Crippen molar-refractivity contribution >= 4 is 21.8 Å². The summed E-state index contributed by atoms with van der Waals surface area (Å²) < 4.78 is 44.1. The molecule has 4 aromatic rings. The molecule has 3 nitrogen and oxygen atoms in total. The molecule has 0 aliphatic heterocycles. The van der Waals surface area contributed by atoms with Crippen LogP contribution in [0.15, 0.2) is 48.7 Å². The Kier molecular flexibility index (Phi) is 3.64. The molecule has 0 unspecified atom stereocenters. The topological polar surface area (TPSA) is 37.9 Å². The Hall–Kier alpha value is -3.02. The SMILES string of the molecule is COc1ccc2c([nH]c3c(C)nccc32)c1-c1ccc(C(F)(F)F)cc1. The highest BCUT2D eigenvalue weighted by atomic mass is 19.4. The van der Waals surface area contributed by atoms with Crippen molar-refractivity contribution < 1.29 is 17.9 Å². The van der Waals surface area contributed by atoms with E-state index >= 15 is 0 Å². The van der Waals surface area contributed by atoms with Gasteiger partial charge in [-0.1, -0.05) is 12.1 Å². The van der Waals surface area contributed by atoms with Crippen LogP contribution in [0.5, 0.6) is 5.75 Å². The fourth-order valence-electron chi connectivity index (χ4n) is 3.29. The van der Waals surface area contributed by atoms with E-state index in [0.717, 1.165) is 45.2 Å². The van der Waals surface area contributed by atoms with Crippen molar-refractivity contribution in [2.45, 2.75) is 13.1 Å². The molecule has 0 saturated heterocycles. The van der Waals surface area contributed by atoms with Gasteiger partial charge in [0.25, 0.3) is 0 Å². The van der Waals surface area contributed by atoms with Gasteiger partial charge < -0.3 is 9.72 Å². The molecule has 0 fully saturated rings. The van der Waals surface area contributed by atoms with Gasteiger partial charge in [0.1, 0.15) is 5.75 Å². The number of H-pyrrole nitrogens is 1. The Morgan fingerprint density at radius 3 is 2.27 bits per heavy atom. The molecule has 26 heavy (non-hydrogen) atoms. The molecule has 2 heterocycles. The predicted molar refractivity (Wildman–Crippen MR) is 95.3 cm³/mol. The van der Waals surface area contributed by atoms with Crippen LogP contribution in [0.2, 0.25) is 0 Å². The van der Waals surface area contributed by atoms with Crippen molar-refractivity contribution in [1.82, 2.24) is 9.97 Å². The number of fused-ring (bicyclic) bond motifs is 3. The quantitative estimate of drug-likeness (QED) is 0.499. The number of rotatable bonds is 2. The predicted octanol–water partition coefficient (Wildman–Crippen LogP) is 5.72. The zero-order valence-electron chi connectivity index (χ0n) is 14.1. The molecular formula is C20H15F3N2O. The van der Waals surface area contributed by atoms with Crippen molar-refractivity contribution in [2.24, 2.45) is 0 Å². The average Bonchev–Trinajstić information content (AvgIpc) is 3.00. The minimum atomic E-state index is -4.36. The number of aromatic nitrogens is 2. The number of halogens is 3. The van der Waals surface area contributed by atoms with Crippen LogP contribution in [0.3, 0.4) is 0 Å². The number of methoxy groups -OCH3 is 1. The summed E-state index contributed by atoms with van der Waals surface area (Å²) in [5, 5.41) is 1.99. The summed E-state index contributed by atoms with van der Waals surface area (Å²) in [6.07, 6.45) is -2.62. The van der Waals surface area contributed by atoms with Crippen LogP contribution in [0, 0.1) is 6.92 Å². The van der Waals surface area contributed by atoms with E-state index in [0.29, 0.717) is 11.3 Å². The van der Waals surface area contributed by atoms with Crippen molar-refractivity contribution in [3.05, 3.63) is 59.9 Å². The van der Waals surface area contributed by atoms with Gasteiger partial charge in [0.15, 0.2) is 0 Å². The summed E-state index contributed by atoms with van der Waals surface area (Å²) in [5.74, 6) is 0.592. The monoisotopic (exact) mass is 356 g/mol. The zero-order valence-corrected chi connectivity index (χ0v) is 14.1. The third kappa shape index (κ3) is 2.49. The van der Waals surface area contributed by atoms with Crippen LogP contribution in [0.25, 0.3) is 32.9 Å². The molecule has 2 aromatic carbocycles. The van der Waals surface area contributed by atoms with Gasteiger partial charge in [0.2, 0.25) is 0 Å². The lowest BCUT2D eigenvalue weighted by molar-refractivity contribution is -0.137. The Labute approximate surface area is 147 Å². The number of aryl methyl sites for hydroxylation is 1. The van der Waals surface area contributed by atoms with E-state index in [9.17, 15) is 13.2 Å². The van der Waals surface area contributed by atoms with Crippen LogP contribution in [-0.4, -0.2) is 17.1 Å². The minimum Gasteiger partial charge on any atom is -0.496 e. The minimum absolute atomic E-state index is 0.592. The Morgan fingerprint density at radius 2 is 1.62 bits per heavy atom. The molecule has 0 bridgehead atoms. The number of aromatic amines is 1. The fourth-order valence-corrected chi connectivity index (χ4v) is 3.29. The molecule has 6 heteroatoms. The fraction of sp³-hybridized carbons (Fsp3) is 0.150. The first-order chi connectivity index (χ1) is 12.4. The average molecular weight is 356 g/mol. The molecule has 0 spiro atoms. The second-order valence-electron chi connectivity index (χ2n) is 6.08. The Balaban J connectivity index is 2.01. The van der Waals surface area contributed by atoms with Crippen molar-refractivity contribution in [3.63, 3.8) is 0 Å². The number of nitrogens with zero attached hydrogens (tertiary/aromatic N) is 1. The van der Waals surface area contributed by atoms with Crippen LogP contribution < -0.4 is 4.74 Å². The number of pyridine rings is 1. The number of alkyl halides is 3. The number of hydrogen-bond acceptors (Lipinski definition) is 2. The Morgan fingerprint density at radius 1 is 0.923 bits per heavy atom. The van der Waals surface area contributed by atoms with E-state index in [4.69, 9.17) is 4.74 Å². The Bertz CT molecular complexity index is 1110. The molecule has 1 N–H and O–H groups in total. The third-order valence-electron chi connectivity index (χ3n) is 4.57. The van der Waals surface area contributed by atoms with Gasteiger partial charge in [-0.2, -0.15) is 13.2 Å². The summed E-state index contributed by atoms with van der Waals surface area (Å²) in [5.41, 5.74) is 3.28. The molecule has 4 rings (SSSR count). The molecule has 0 atom stereocenters. The molecule has 0 aliphatic rings. The van der Waals surface area contributed by atoms with Gasteiger partial charge in [0.05, 0.1) is 29.4 Å². The van der Waals surface area contributed by atoms with Gasteiger partial charge in [-0.15, -0.1) is 0 Å². The first-order valence-electron chi connectivity index (χ1n) is 8.02. The summed E-state index contributed by atoms with van der Waals surface area (Å²) in [6, 6.07) is 10.8. The van der Waals surface area contributed by atoms with Crippen molar-refractivity contribution in [3.8, 4) is 16.9 Å². The van der Waals surface area contributed by atoms with Crippen molar-refractivity contribution in [2.75, 3.05) is 7.11 Å². The van der Waals surface area contributed by atoms with Crippen LogP contribution in [0.1, 0.15) is 11.3 Å². The molecule has 0 radical (unpaired) electrons. The van der Waals surface area contributed by atoms with E-state index in [-0.39, 0.29) is 0 Å². The van der Waals surface area contributed by atoms with E-state index in [1.165, 1.54) is 12.1 Å². The summed E-state index contributed by atoms with van der Waals surface area (Å²) in [6.45, 7) is 1.91. The largest absolute Gasteiger partial charge is 0.496 e. The molecule has 2 aromatic heterocycles. The number of benzene rings is 2.